The number of hydrogen-bond acceptors (Lipinski definition) is 3. The Kier molecular flexibility index (Phi) is 4.22. The maximum atomic E-state index is 12.1. The van der Waals surface area contributed by atoms with Crippen molar-refractivity contribution >= 4 is 21.1 Å². The minimum Gasteiger partial charge on any atom is -0.332 e. The van der Waals surface area contributed by atoms with E-state index in [1.165, 1.54) is 0 Å². The van der Waals surface area contributed by atoms with Gasteiger partial charge in [0, 0.05) is 30.9 Å². The summed E-state index contributed by atoms with van der Waals surface area (Å²) in [6.45, 7) is 1.11. The molecule has 114 valence electrons. The second kappa shape index (κ2) is 6.29. The quantitative estimate of drug-likeness (QED) is 0.710. The molecule has 3 rings (SSSR count). The van der Waals surface area contributed by atoms with Gasteiger partial charge in [-0.25, -0.2) is 18.1 Å². The fraction of sp³-hybridized carbons (Fsp3) is 0.188. The molecule has 0 aliphatic heterocycles. The molecule has 0 saturated carbocycles. The number of nitrogens with zero attached hydrogens (tertiary/aromatic N) is 2. The van der Waals surface area contributed by atoms with Gasteiger partial charge in [-0.15, -0.1) is 0 Å². The van der Waals surface area contributed by atoms with E-state index in [0.717, 1.165) is 17.6 Å². The molecule has 0 bridgehead atoms. The Morgan fingerprint density at radius 3 is 2.68 bits per heavy atom. The monoisotopic (exact) mass is 315 g/mol. The van der Waals surface area contributed by atoms with Gasteiger partial charge in [-0.2, -0.15) is 0 Å². The van der Waals surface area contributed by atoms with Crippen LogP contribution in [0.5, 0.6) is 0 Å². The number of nitrogens with one attached hydrogen (secondary N) is 1. The predicted molar refractivity (Wildman–Crippen MR) is 86.0 cm³/mol. The van der Waals surface area contributed by atoms with Crippen LogP contribution in [0.4, 0.5) is 0 Å². The van der Waals surface area contributed by atoms with Crippen molar-refractivity contribution in [2.75, 3.05) is 6.54 Å². The van der Waals surface area contributed by atoms with E-state index in [0.29, 0.717) is 17.9 Å². The summed E-state index contributed by atoms with van der Waals surface area (Å²) in [6, 6.07) is 14.3. The molecule has 2 heterocycles. The van der Waals surface area contributed by atoms with E-state index in [4.69, 9.17) is 0 Å². The first-order valence-corrected chi connectivity index (χ1v) is 8.60. The van der Waals surface area contributed by atoms with Crippen LogP contribution in [0.1, 0.15) is 6.42 Å². The molecule has 0 radical (unpaired) electrons. The molecule has 2 aromatic heterocycles. The van der Waals surface area contributed by atoms with Crippen LogP contribution in [-0.2, 0) is 16.6 Å². The Morgan fingerprint density at radius 2 is 1.86 bits per heavy atom. The molecule has 6 heteroatoms. The second-order valence-corrected chi connectivity index (χ2v) is 6.76. The zero-order chi connectivity index (χ0) is 15.4. The number of aryl methyl sites for hydroxylation is 1. The lowest BCUT2D eigenvalue weighted by atomic mass is 10.3. The van der Waals surface area contributed by atoms with E-state index in [-0.39, 0.29) is 0 Å². The van der Waals surface area contributed by atoms with Gasteiger partial charge < -0.3 is 4.57 Å². The van der Waals surface area contributed by atoms with Crippen LogP contribution in [0.2, 0.25) is 0 Å². The third-order valence-corrected chi connectivity index (χ3v) is 4.92. The summed E-state index contributed by atoms with van der Waals surface area (Å²) in [6.07, 6.45) is 4.44. The molecule has 5 nitrogen and oxygen atoms in total. The highest BCUT2D eigenvalue weighted by Gasteiger charge is 2.12. The largest absolute Gasteiger partial charge is 0.332 e. The molecule has 1 N–H and O–H groups in total. The van der Waals surface area contributed by atoms with Gasteiger partial charge in [0.1, 0.15) is 5.65 Å². The van der Waals surface area contributed by atoms with Gasteiger partial charge >= 0.3 is 0 Å². The van der Waals surface area contributed by atoms with Gasteiger partial charge in [-0.3, -0.25) is 0 Å². The van der Waals surface area contributed by atoms with Crippen molar-refractivity contribution in [2.24, 2.45) is 0 Å². The van der Waals surface area contributed by atoms with Crippen molar-refractivity contribution in [3.63, 3.8) is 0 Å². The fourth-order valence-electron chi connectivity index (χ4n) is 2.34. The average molecular weight is 315 g/mol. The topological polar surface area (TPSA) is 64.0 Å². The maximum absolute atomic E-state index is 12.1. The Hall–Kier alpha value is -2.18. The first-order chi connectivity index (χ1) is 10.7. The molecule has 0 aliphatic rings. The third kappa shape index (κ3) is 3.18. The number of sulfonamides is 1. The van der Waals surface area contributed by atoms with Crippen molar-refractivity contribution in [3.05, 3.63) is 60.9 Å². The molecule has 0 fully saturated rings. The normalized spacial score (nSPS) is 11.8. The minimum absolute atomic E-state index is 0.295. The first kappa shape index (κ1) is 14.7. The first-order valence-electron chi connectivity index (χ1n) is 7.11. The van der Waals surface area contributed by atoms with Gasteiger partial charge in [0.25, 0.3) is 0 Å². The lowest BCUT2D eigenvalue weighted by Gasteiger charge is -2.07. The lowest BCUT2D eigenvalue weighted by Crippen LogP contribution is -2.25. The van der Waals surface area contributed by atoms with Crippen LogP contribution in [0.25, 0.3) is 11.0 Å². The molecule has 0 atom stereocenters. The summed E-state index contributed by atoms with van der Waals surface area (Å²) in [5.74, 6) is 0. The Bertz CT molecular complexity index is 857. The summed E-state index contributed by atoms with van der Waals surface area (Å²) in [5.41, 5.74) is 0.924. The summed E-state index contributed by atoms with van der Waals surface area (Å²) in [5, 5.41) is 1.09. The number of fused-ring (bicyclic) bond motifs is 1. The number of benzene rings is 1. The highest BCUT2D eigenvalue weighted by Crippen LogP contribution is 2.12. The summed E-state index contributed by atoms with van der Waals surface area (Å²) >= 11 is 0. The second-order valence-electron chi connectivity index (χ2n) is 4.99. The highest BCUT2D eigenvalue weighted by molar-refractivity contribution is 7.89. The predicted octanol–water partition coefficient (Wildman–Crippen LogP) is 2.40. The van der Waals surface area contributed by atoms with E-state index >= 15 is 0 Å². The molecule has 0 saturated heterocycles. The van der Waals surface area contributed by atoms with Gasteiger partial charge in [0.05, 0.1) is 4.90 Å². The number of pyridine rings is 1. The standard InChI is InChI=1S/C16H17N3O2S/c20-22(21,15-7-2-1-3-8-15)18-11-5-12-19-13-9-14-6-4-10-17-16(14)19/h1-4,6-10,13,18H,5,11-12H2. The SMILES string of the molecule is O=S(=O)(NCCCn1ccc2cccnc21)c1ccccc1. The molecular weight excluding hydrogens is 298 g/mol. The van der Waals surface area contributed by atoms with Crippen LogP contribution < -0.4 is 4.72 Å². The Morgan fingerprint density at radius 1 is 1.05 bits per heavy atom. The van der Waals surface area contributed by atoms with E-state index < -0.39 is 10.0 Å². The van der Waals surface area contributed by atoms with E-state index in [2.05, 4.69) is 9.71 Å². The van der Waals surface area contributed by atoms with Crippen molar-refractivity contribution < 1.29 is 8.42 Å². The number of hydrogen-bond donors (Lipinski definition) is 1. The molecule has 0 amide bonds. The van der Waals surface area contributed by atoms with Gasteiger partial charge in [0.15, 0.2) is 0 Å². The molecule has 0 unspecified atom stereocenters. The van der Waals surface area contributed by atoms with E-state index in [1.807, 2.05) is 29.0 Å². The zero-order valence-corrected chi connectivity index (χ0v) is 12.8. The van der Waals surface area contributed by atoms with Crippen LogP contribution in [0, 0.1) is 0 Å². The van der Waals surface area contributed by atoms with Crippen molar-refractivity contribution in [1.29, 1.82) is 0 Å². The van der Waals surface area contributed by atoms with Gasteiger partial charge in [0.2, 0.25) is 10.0 Å². The van der Waals surface area contributed by atoms with Crippen molar-refractivity contribution in [3.8, 4) is 0 Å². The van der Waals surface area contributed by atoms with Crippen molar-refractivity contribution in [2.45, 2.75) is 17.9 Å². The van der Waals surface area contributed by atoms with Crippen molar-refractivity contribution in [1.82, 2.24) is 14.3 Å². The molecule has 0 aliphatic carbocycles. The zero-order valence-electron chi connectivity index (χ0n) is 12.0. The van der Waals surface area contributed by atoms with E-state index in [9.17, 15) is 8.42 Å². The fourth-order valence-corrected chi connectivity index (χ4v) is 3.43. The third-order valence-electron chi connectivity index (χ3n) is 3.44. The average Bonchev–Trinajstić information content (AvgIpc) is 2.96. The van der Waals surface area contributed by atoms with Crippen LogP contribution >= 0.6 is 0 Å². The molecule has 0 spiro atoms. The van der Waals surface area contributed by atoms with E-state index in [1.54, 1.807) is 36.5 Å². The number of rotatable bonds is 6. The minimum atomic E-state index is -3.42. The van der Waals surface area contributed by atoms with Gasteiger partial charge in [-0.1, -0.05) is 18.2 Å². The molecule has 22 heavy (non-hydrogen) atoms. The molecule has 3 aromatic rings. The smallest absolute Gasteiger partial charge is 0.240 e. The molecule has 1 aromatic carbocycles. The summed E-state index contributed by atoms with van der Waals surface area (Å²) < 4.78 is 28.8. The van der Waals surface area contributed by atoms with Gasteiger partial charge in [-0.05, 0) is 36.8 Å². The van der Waals surface area contributed by atoms with Crippen LogP contribution in [0.3, 0.4) is 0 Å². The molecular formula is C16H17N3O2S. The Balaban J connectivity index is 1.58. The lowest BCUT2D eigenvalue weighted by molar-refractivity contribution is 0.571. The van der Waals surface area contributed by atoms with Crippen LogP contribution in [0.15, 0.2) is 65.8 Å². The number of aromatic nitrogens is 2. The summed E-state index contributed by atoms with van der Waals surface area (Å²) in [7, 11) is -3.42. The highest BCUT2D eigenvalue weighted by atomic mass is 32.2. The maximum Gasteiger partial charge on any atom is 0.240 e. The summed E-state index contributed by atoms with van der Waals surface area (Å²) in [4.78, 5) is 4.64. The van der Waals surface area contributed by atoms with Crippen LogP contribution in [-0.4, -0.2) is 24.5 Å². The Labute approximate surface area is 129 Å².